The summed E-state index contributed by atoms with van der Waals surface area (Å²) >= 11 is 0. The van der Waals surface area contributed by atoms with Crippen LogP contribution in [0.4, 0.5) is 27.5 Å². The second kappa shape index (κ2) is 14.3. The first-order chi connectivity index (χ1) is 26.1. The number of hydrogen-bond acceptors (Lipinski definition) is 13. The van der Waals surface area contributed by atoms with Gasteiger partial charge in [-0.25, -0.2) is 31.1 Å². The summed E-state index contributed by atoms with van der Waals surface area (Å²) < 4.78 is 125. The third kappa shape index (κ3) is 7.89. The number of aromatic hydroxyl groups is 2. The number of nitrogens with one attached hydrogen (secondary N) is 4. The number of aryl methyl sites for hydroxylation is 2. The maximum atomic E-state index is 13.3. The van der Waals surface area contributed by atoms with Crippen LogP contribution in [0.2, 0.25) is 0 Å². The molecule has 17 nitrogen and oxygen atoms in total. The fourth-order valence-corrected chi connectivity index (χ4v) is 9.13. The number of carbonyl (C=O) groups is 1. The van der Waals surface area contributed by atoms with Crippen molar-refractivity contribution in [2.24, 2.45) is 0 Å². The Hall–Kier alpha value is -5.97. The van der Waals surface area contributed by atoms with E-state index in [1.54, 1.807) is 23.3 Å². The zero-order valence-electron chi connectivity index (χ0n) is 28.8. The van der Waals surface area contributed by atoms with Gasteiger partial charge in [0.25, 0.3) is 40.3 Å². The van der Waals surface area contributed by atoms with Crippen LogP contribution in [0.3, 0.4) is 0 Å². The highest BCUT2D eigenvalue weighted by atomic mass is 32.2. The molecule has 2 amide bonds. The molecular weight excluding hydrogens is 813 g/mol. The van der Waals surface area contributed by atoms with E-state index in [1.165, 1.54) is 60.7 Å². The molecule has 0 radical (unpaired) electrons. The minimum absolute atomic E-state index is 0.0212. The summed E-state index contributed by atoms with van der Waals surface area (Å²) in [5.74, 6) is -0.843. The first-order valence-corrected chi connectivity index (χ1v) is 21.7. The number of phenols is 2. The van der Waals surface area contributed by atoms with Crippen LogP contribution >= 0.6 is 0 Å². The van der Waals surface area contributed by atoms with E-state index in [4.69, 9.17) is 0 Å². The molecule has 0 aromatic heterocycles. The monoisotopic (exact) mass is 842 g/mol. The molecule has 6 rings (SSSR count). The summed E-state index contributed by atoms with van der Waals surface area (Å²) in [5, 5.41) is 27.5. The highest BCUT2D eigenvalue weighted by Gasteiger charge is 2.26. The Kier molecular flexibility index (Phi) is 10.1. The Morgan fingerprint density at radius 1 is 0.482 bits per heavy atom. The van der Waals surface area contributed by atoms with Crippen molar-refractivity contribution in [3.63, 3.8) is 0 Å². The number of anilines is 4. The van der Waals surface area contributed by atoms with Crippen LogP contribution < -0.4 is 20.1 Å². The first-order valence-electron chi connectivity index (χ1n) is 15.9. The largest absolute Gasteiger partial charge is 0.505 e. The summed E-state index contributed by atoms with van der Waals surface area (Å²) in [6, 6.07) is 18.7. The lowest BCUT2D eigenvalue weighted by atomic mass is 10.1. The maximum Gasteiger partial charge on any atom is 0.342 e. The normalized spacial score (nSPS) is 12.4. The number of sulfonamides is 2. The number of amides is 2. The average Bonchev–Trinajstić information content (AvgIpc) is 3.10. The fraction of sp³-hybridized carbons (Fsp3) is 0.0571. The Morgan fingerprint density at radius 3 is 1.16 bits per heavy atom. The van der Waals surface area contributed by atoms with Crippen molar-refractivity contribution in [2.75, 3.05) is 10.6 Å². The number of carbonyl (C=O) groups excluding carboxylic acids is 1. The highest BCUT2D eigenvalue weighted by molar-refractivity contribution is 7.91. The molecule has 0 aliphatic rings. The van der Waals surface area contributed by atoms with Crippen molar-refractivity contribution < 1.29 is 57.8 Å². The number of urea groups is 1. The first kappa shape index (κ1) is 39.7. The van der Waals surface area contributed by atoms with E-state index in [9.17, 15) is 57.8 Å². The number of hydrogen-bond donors (Lipinski definition) is 8. The number of benzene rings is 6. The molecule has 0 atom stereocenters. The Balaban J connectivity index is 1.24. The predicted octanol–water partition coefficient (Wildman–Crippen LogP) is 5.38. The number of phenolic OH excluding ortho intramolecular Hbond substituents is 2. The third-order valence-electron chi connectivity index (χ3n) is 8.54. The molecule has 0 heterocycles. The van der Waals surface area contributed by atoms with Gasteiger partial charge in [0.2, 0.25) is 0 Å². The second-order valence-electron chi connectivity index (χ2n) is 12.3. The van der Waals surface area contributed by atoms with Gasteiger partial charge in [-0.3, -0.25) is 9.11 Å². The molecule has 6 aromatic carbocycles. The van der Waals surface area contributed by atoms with E-state index in [2.05, 4.69) is 10.6 Å². The van der Waals surface area contributed by atoms with Crippen molar-refractivity contribution >= 4 is 90.6 Å². The predicted molar refractivity (Wildman–Crippen MR) is 206 cm³/mol. The van der Waals surface area contributed by atoms with Gasteiger partial charge in [0.15, 0.2) is 0 Å². The van der Waals surface area contributed by atoms with Crippen LogP contribution in [0.15, 0.2) is 117 Å². The van der Waals surface area contributed by atoms with Gasteiger partial charge in [-0.15, -0.1) is 0 Å². The molecule has 0 spiro atoms. The average molecular weight is 843 g/mol. The van der Waals surface area contributed by atoms with Crippen LogP contribution in [0.5, 0.6) is 11.5 Å². The van der Waals surface area contributed by atoms with Gasteiger partial charge < -0.3 is 20.8 Å². The van der Waals surface area contributed by atoms with Crippen molar-refractivity contribution in [3.05, 3.63) is 108 Å². The Bertz CT molecular complexity index is 2880. The summed E-state index contributed by atoms with van der Waals surface area (Å²) in [6.07, 6.45) is 0. The summed E-state index contributed by atoms with van der Waals surface area (Å²) in [4.78, 5) is 10.7. The van der Waals surface area contributed by atoms with Gasteiger partial charge in [0, 0.05) is 32.9 Å². The van der Waals surface area contributed by atoms with Crippen LogP contribution in [-0.4, -0.2) is 59.0 Å². The molecule has 0 aliphatic carbocycles. The Labute approximate surface area is 320 Å². The molecule has 0 fully saturated rings. The van der Waals surface area contributed by atoms with E-state index in [1.807, 2.05) is 0 Å². The van der Waals surface area contributed by atoms with Crippen molar-refractivity contribution in [1.82, 2.24) is 9.44 Å². The van der Waals surface area contributed by atoms with Gasteiger partial charge in [0.1, 0.15) is 21.3 Å². The number of rotatable bonds is 10. The van der Waals surface area contributed by atoms with Gasteiger partial charge in [-0.05, 0) is 61.4 Å². The van der Waals surface area contributed by atoms with E-state index in [0.717, 1.165) is 36.4 Å². The summed E-state index contributed by atoms with van der Waals surface area (Å²) in [6.45, 7) is 3.10. The van der Waals surface area contributed by atoms with E-state index >= 15 is 0 Å². The summed E-state index contributed by atoms with van der Waals surface area (Å²) in [5.41, 5.74) is 0.404. The third-order valence-corrected chi connectivity index (χ3v) is 13.0. The van der Waals surface area contributed by atoms with E-state index < -0.39 is 77.4 Å². The molecule has 292 valence electrons. The van der Waals surface area contributed by atoms with Gasteiger partial charge in [0.05, 0.1) is 21.2 Å². The van der Waals surface area contributed by atoms with Crippen LogP contribution in [0.1, 0.15) is 11.1 Å². The lowest BCUT2D eigenvalue weighted by Gasteiger charge is -2.17. The minimum atomic E-state index is -4.79. The summed E-state index contributed by atoms with van der Waals surface area (Å²) in [7, 11) is -19.1. The SMILES string of the molecule is Cc1ccc(S(=O)(=O)NC(=O)NS(=O)(=O)c2ccc(C)c(Nc3cc(S(=O)(=O)O)c4ccccc4c3O)c2)cc1Nc1cc(S(=O)(=O)O)c2ccccc2c1O. The lowest BCUT2D eigenvalue weighted by molar-refractivity contribution is 0.250. The van der Waals surface area contributed by atoms with Gasteiger partial charge in [-0.1, -0.05) is 60.7 Å². The van der Waals surface area contributed by atoms with Gasteiger partial charge >= 0.3 is 6.03 Å². The molecule has 6 aromatic rings. The molecule has 0 saturated carbocycles. The molecular formula is C35H30N4O13S4. The molecule has 0 saturated heterocycles. The lowest BCUT2D eigenvalue weighted by Crippen LogP contribution is -2.42. The highest BCUT2D eigenvalue weighted by Crippen LogP contribution is 2.41. The molecule has 0 bridgehead atoms. The zero-order valence-corrected chi connectivity index (χ0v) is 32.1. The standard InChI is InChI=1S/C35H30N4O13S4/c1-19-11-13-21(15-27(19)36-29-17-31(55(47,48)49)23-7-3-5-9-25(23)33(29)40)53(43,44)38-35(42)39-54(45,46)22-14-12-20(2)28(16-22)37-30-18-32(56(50,51)52)24-8-4-6-10-26(24)34(30)41/h3-18,36-37,40-41H,1-2H3,(H2,38,39,42)(H,47,48,49)(H,50,51,52). The minimum Gasteiger partial charge on any atom is -0.505 e. The van der Waals surface area contributed by atoms with Crippen LogP contribution in [-0.2, 0) is 40.3 Å². The fourth-order valence-electron chi connectivity index (χ4n) is 5.75. The van der Waals surface area contributed by atoms with Gasteiger partial charge in [-0.2, -0.15) is 16.8 Å². The topological polar surface area (TPSA) is 283 Å². The van der Waals surface area contributed by atoms with Crippen molar-refractivity contribution in [1.29, 1.82) is 0 Å². The zero-order chi connectivity index (χ0) is 41.0. The Morgan fingerprint density at radius 2 is 0.821 bits per heavy atom. The quantitative estimate of drug-likeness (QED) is 0.0635. The van der Waals surface area contributed by atoms with E-state index in [0.29, 0.717) is 11.1 Å². The molecule has 0 unspecified atom stereocenters. The second-order valence-corrected chi connectivity index (χ2v) is 18.5. The molecule has 21 heteroatoms. The van der Waals surface area contributed by atoms with Crippen LogP contribution in [0.25, 0.3) is 21.5 Å². The van der Waals surface area contributed by atoms with E-state index in [-0.39, 0.29) is 44.3 Å². The molecule has 8 N–H and O–H groups in total. The van der Waals surface area contributed by atoms with Crippen LogP contribution in [0, 0.1) is 13.8 Å². The smallest absolute Gasteiger partial charge is 0.342 e. The van der Waals surface area contributed by atoms with Crippen molar-refractivity contribution in [2.45, 2.75) is 33.4 Å². The number of fused-ring (bicyclic) bond motifs is 2. The molecule has 56 heavy (non-hydrogen) atoms. The maximum absolute atomic E-state index is 13.3. The molecule has 0 aliphatic heterocycles. The van der Waals surface area contributed by atoms with Crippen molar-refractivity contribution in [3.8, 4) is 11.5 Å².